The van der Waals surface area contributed by atoms with E-state index in [0.29, 0.717) is 17.0 Å². The Morgan fingerprint density at radius 1 is 1.35 bits per heavy atom. The quantitative estimate of drug-likeness (QED) is 0.701. The summed E-state index contributed by atoms with van der Waals surface area (Å²) >= 11 is 0. The van der Waals surface area contributed by atoms with Crippen LogP contribution in [0.15, 0.2) is 12.1 Å². The zero-order chi connectivity index (χ0) is 12.6. The zero-order valence-electron chi connectivity index (χ0n) is 9.68. The van der Waals surface area contributed by atoms with Gasteiger partial charge in [-0.15, -0.1) is 0 Å². The first-order valence-electron chi connectivity index (χ1n) is 5.73. The van der Waals surface area contributed by atoms with Crippen molar-refractivity contribution in [2.75, 3.05) is 0 Å². The summed E-state index contributed by atoms with van der Waals surface area (Å²) in [5, 5.41) is 28.4. The maximum atomic E-state index is 10.8. The minimum atomic E-state index is -0.874. The monoisotopic (exact) mass is 236 g/mol. The van der Waals surface area contributed by atoms with E-state index < -0.39 is 5.97 Å². The van der Waals surface area contributed by atoms with E-state index in [1.165, 1.54) is 12.1 Å². The summed E-state index contributed by atoms with van der Waals surface area (Å²) < 4.78 is 0. The van der Waals surface area contributed by atoms with Crippen molar-refractivity contribution in [3.05, 3.63) is 23.3 Å². The van der Waals surface area contributed by atoms with Gasteiger partial charge in [0.2, 0.25) is 0 Å². The summed E-state index contributed by atoms with van der Waals surface area (Å²) in [4.78, 5) is 10.8. The van der Waals surface area contributed by atoms with Crippen LogP contribution in [0.2, 0.25) is 0 Å². The van der Waals surface area contributed by atoms with Crippen molar-refractivity contribution in [1.82, 2.24) is 0 Å². The molecule has 1 aromatic rings. The van der Waals surface area contributed by atoms with Gasteiger partial charge >= 0.3 is 5.97 Å². The van der Waals surface area contributed by atoms with Crippen LogP contribution in [0.5, 0.6) is 11.5 Å². The third-order valence-electron chi connectivity index (χ3n) is 3.33. The van der Waals surface area contributed by atoms with Crippen LogP contribution in [0.1, 0.15) is 36.3 Å². The first kappa shape index (κ1) is 11.8. The highest BCUT2D eigenvalue weighted by atomic mass is 16.4. The minimum absolute atomic E-state index is 0.000722. The number of phenols is 2. The molecule has 1 aliphatic carbocycles. The largest absolute Gasteiger partial charge is 0.508 e. The molecule has 1 saturated carbocycles. The van der Waals surface area contributed by atoms with E-state index in [2.05, 4.69) is 0 Å². The topological polar surface area (TPSA) is 77.8 Å². The highest BCUT2D eigenvalue weighted by Gasteiger charge is 2.35. The molecule has 0 aromatic heterocycles. The van der Waals surface area contributed by atoms with Crippen LogP contribution in [0.4, 0.5) is 0 Å². The Morgan fingerprint density at radius 3 is 2.53 bits per heavy atom. The molecule has 1 aromatic carbocycles. The summed E-state index contributed by atoms with van der Waals surface area (Å²) in [6.07, 6.45) is 1.98. The van der Waals surface area contributed by atoms with E-state index in [0.717, 1.165) is 12.8 Å². The number of hydrogen-bond donors (Lipinski definition) is 3. The zero-order valence-corrected chi connectivity index (χ0v) is 9.68. The molecule has 1 aliphatic rings. The molecule has 3 N–H and O–H groups in total. The average Bonchev–Trinajstić information content (AvgIpc) is 3.04. The molecule has 2 rings (SSSR count). The van der Waals surface area contributed by atoms with Gasteiger partial charge in [-0.2, -0.15) is 0 Å². The van der Waals surface area contributed by atoms with Crippen LogP contribution in [0.25, 0.3) is 0 Å². The van der Waals surface area contributed by atoms with Crippen molar-refractivity contribution < 1.29 is 20.1 Å². The number of aromatic hydroxyl groups is 2. The standard InChI is InChI=1S/C13H16O4/c1-7-4-12(15)10(5-11(7)14)9(6-13(16)17)8-2-3-8/h4-5,8-9,14-15H,2-3,6H2,1H3,(H,16,17). The van der Waals surface area contributed by atoms with Gasteiger partial charge in [0.15, 0.2) is 0 Å². The molecular formula is C13H16O4. The van der Waals surface area contributed by atoms with Crippen LogP contribution in [-0.2, 0) is 4.79 Å². The average molecular weight is 236 g/mol. The number of rotatable bonds is 4. The van der Waals surface area contributed by atoms with Gasteiger partial charge in [0.25, 0.3) is 0 Å². The lowest BCUT2D eigenvalue weighted by atomic mass is 9.89. The molecule has 0 spiro atoms. The molecule has 4 heteroatoms. The minimum Gasteiger partial charge on any atom is -0.508 e. The Kier molecular flexibility index (Phi) is 2.96. The van der Waals surface area contributed by atoms with Gasteiger partial charge in [0.1, 0.15) is 11.5 Å². The first-order chi connectivity index (χ1) is 7.99. The van der Waals surface area contributed by atoms with Gasteiger partial charge in [0, 0.05) is 11.5 Å². The fourth-order valence-corrected chi connectivity index (χ4v) is 2.21. The van der Waals surface area contributed by atoms with Gasteiger partial charge in [-0.3, -0.25) is 4.79 Å². The summed E-state index contributed by atoms with van der Waals surface area (Å²) in [7, 11) is 0. The molecule has 17 heavy (non-hydrogen) atoms. The maximum absolute atomic E-state index is 10.8. The molecule has 1 unspecified atom stereocenters. The van der Waals surface area contributed by atoms with E-state index in [9.17, 15) is 15.0 Å². The van der Waals surface area contributed by atoms with E-state index in [1.54, 1.807) is 6.92 Å². The smallest absolute Gasteiger partial charge is 0.303 e. The number of carbonyl (C=O) groups is 1. The lowest BCUT2D eigenvalue weighted by Crippen LogP contribution is -2.08. The fraction of sp³-hybridized carbons (Fsp3) is 0.462. The lowest BCUT2D eigenvalue weighted by molar-refractivity contribution is -0.137. The van der Waals surface area contributed by atoms with Crippen molar-refractivity contribution in [3.63, 3.8) is 0 Å². The van der Waals surface area contributed by atoms with Crippen molar-refractivity contribution in [2.45, 2.75) is 32.1 Å². The predicted octanol–water partition coefficient (Wildman–Crippen LogP) is 2.37. The Morgan fingerprint density at radius 2 is 2.00 bits per heavy atom. The lowest BCUT2D eigenvalue weighted by Gasteiger charge is -2.17. The van der Waals surface area contributed by atoms with E-state index >= 15 is 0 Å². The van der Waals surface area contributed by atoms with Gasteiger partial charge < -0.3 is 15.3 Å². The molecule has 4 nitrogen and oxygen atoms in total. The van der Waals surface area contributed by atoms with Crippen LogP contribution < -0.4 is 0 Å². The van der Waals surface area contributed by atoms with Crippen molar-refractivity contribution >= 4 is 5.97 Å². The van der Waals surface area contributed by atoms with Gasteiger partial charge in [-0.1, -0.05) is 0 Å². The summed E-state index contributed by atoms with van der Waals surface area (Å²) in [6, 6.07) is 2.98. The third-order valence-corrected chi connectivity index (χ3v) is 3.33. The molecular weight excluding hydrogens is 220 g/mol. The van der Waals surface area contributed by atoms with Gasteiger partial charge in [-0.25, -0.2) is 0 Å². The number of phenolic OH excluding ortho intramolecular Hbond substituents is 2. The Labute approximate surface area is 99.5 Å². The number of benzene rings is 1. The van der Waals surface area contributed by atoms with Crippen LogP contribution in [-0.4, -0.2) is 21.3 Å². The summed E-state index contributed by atoms with van der Waals surface area (Å²) in [5.41, 5.74) is 1.15. The summed E-state index contributed by atoms with van der Waals surface area (Å²) in [6.45, 7) is 1.70. The molecule has 0 radical (unpaired) electrons. The molecule has 0 saturated heterocycles. The molecule has 92 valence electrons. The van der Waals surface area contributed by atoms with Crippen LogP contribution in [0.3, 0.4) is 0 Å². The van der Waals surface area contributed by atoms with Crippen molar-refractivity contribution in [3.8, 4) is 11.5 Å². The molecule has 0 amide bonds. The maximum Gasteiger partial charge on any atom is 0.303 e. The number of carboxylic acids is 1. The number of aliphatic carboxylic acids is 1. The number of carboxylic acid groups (broad SMARTS) is 1. The van der Waals surface area contributed by atoms with Gasteiger partial charge in [0.05, 0.1) is 6.42 Å². The normalized spacial score (nSPS) is 16.8. The van der Waals surface area contributed by atoms with Crippen LogP contribution in [0, 0.1) is 12.8 Å². The van der Waals surface area contributed by atoms with Crippen molar-refractivity contribution in [1.29, 1.82) is 0 Å². The first-order valence-corrected chi connectivity index (χ1v) is 5.73. The Bertz CT molecular complexity index is 449. The number of aryl methyl sites for hydroxylation is 1. The molecule has 1 atom stereocenters. The second-order valence-corrected chi connectivity index (χ2v) is 4.74. The highest BCUT2D eigenvalue weighted by Crippen LogP contribution is 2.47. The second-order valence-electron chi connectivity index (χ2n) is 4.74. The molecule has 1 fully saturated rings. The fourth-order valence-electron chi connectivity index (χ4n) is 2.21. The summed E-state index contributed by atoms with van der Waals surface area (Å²) in [5.74, 6) is -0.563. The van der Waals surface area contributed by atoms with Gasteiger partial charge in [-0.05, 0) is 43.4 Å². The second kappa shape index (κ2) is 4.28. The van der Waals surface area contributed by atoms with E-state index in [-0.39, 0.29) is 23.8 Å². The van der Waals surface area contributed by atoms with E-state index in [1.807, 2.05) is 0 Å². The van der Waals surface area contributed by atoms with Crippen LogP contribution >= 0.6 is 0 Å². The highest BCUT2D eigenvalue weighted by molar-refractivity contribution is 5.68. The third kappa shape index (κ3) is 2.52. The molecule has 0 bridgehead atoms. The predicted molar refractivity (Wildman–Crippen MR) is 62.2 cm³/mol. The van der Waals surface area contributed by atoms with Crippen molar-refractivity contribution in [2.24, 2.45) is 5.92 Å². The Balaban J connectivity index is 2.35. The molecule has 0 aliphatic heterocycles. The Hall–Kier alpha value is -1.71. The van der Waals surface area contributed by atoms with E-state index in [4.69, 9.17) is 5.11 Å². The SMILES string of the molecule is Cc1cc(O)c(C(CC(=O)O)C2CC2)cc1O. The molecule has 0 heterocycles. The number of hydrogen-bond acceptors (Lipinski definition) is 3.